The van der Waals surface area contributed by atoms with Crippen LogP contribution in [0, 0.1) is 11.2 Å². The molecule has 1 aromatic heterocycles. The first-order valence-electron chi connectivity index (χ1n) is 7.25. The molecule has 21 heavy (non-hydrogen) atoms. The second kappa shape index (κ2) is 5.42. The number of nitrogens with zero attached hydrogens (tertiary/aromatic N) is 2. The van der Waals surface area contributed by atoms with Gasteiger partial charge in [-0.3, -0.25) is 14.6 Å². The van der Waals surface area contributed by atoms with E-state index < -0.39 is 5.82 Å². The number of aromatic nitrogens is 1. The lowest BCUT2D eigenvalue weighted by atomic mass is 9.73. The number of amides is 2. The first-order valence-corrected chi connectivity index (χ1v) is 7.25. The lowest BCUT2D eigenvalue weighted by Crippen LogP contribution is -2.50. The van der Waals surface area contributed by atoms with Crippen LogP contribution in [0.15, 0.2) is 18.5 Å². The molecule has 0 radical (unpaired) electrons. The topological polar surface area (TPSA) is 62.3 Å². The molecule has 5 nitrogen and oxygen atoms in total. The van der Waals surface area contributed by atoms with Gasteiger partial charge in [0.1, 0.15) is 5.82 Å². The third-order valence-electron chi connectivity index (χ3n) is 4.61. The molecule has 1 spiro atoms. The number of piperidine rings is 2. The van der Waals surface area contributed by atoms with Gasteiger partial charge in [-0.25, -0.2) is 4.39 Å². The molecule has 2 saturated heterocycles. The molecule has 3 heterocycles. The number of pyridine rings is 1. The van der Waals surface area contributed by atoms with Gasteiger partial charge in [-0.15, -0.1) is 0 Å². The third-order valence-corrected chi connectivity index (χ3v) is 4.61. The van der Waals surface area contributed by atoms with Crippen LogP contribution in [0.1, 0.15) is 36.0 Å². The highest BCUT2D eigenvalue weighted by Gasteiger charge is 2.38. The van der Waals surface area contributed by atoms with Gasteiger partial charge in [0, 0.05) is 32.3 Å². The van der Waals surface area contributed by atoms with Gasteiger partial charge in [-0.05, 0) is 30.7 Å². The van der Waals surface area contributed by atoms with E-state index in [4.69, 9.17) is 0 Å². The van der Waals surface area contributed by atoms with Crippen molar-refractivity contribution in [1.82, 2.24) is 15.2 Å². The van der Waals surface area contributed by atoms with Crippen molar-refractivity contribution in [2.24, 2.45) is 5.41 Å². The van der Waals surface area contributed by atoms with E-state index in [0.717, 1.165) is 25.5 Å². The van der Waals surface area contributed by atoms with E-state index >= 15 is 0 Å². The van der Waals surface area contributed by atoms with Crippen LogP contribution >= 0.6 is 0 Å². The number of hydrogen-bond acceptors (Lipinski definition) is 3. The maximum atomic E-state index is 13.1. The van der Waals surface area contributed by atoms with Crippen molar-refractivity contribution in [2.45, 2.75) is 25.7 Å². The van der Waals surface area contributed by atoms with E-state index in [2.05, 4.69) is 10.3 Å². The van der Waals surface area contributed by atoms with Gasteiger partial charge in [-0.2, -0.15) is 0 Å². The molecule has 0 saturated carbocycles. The molecule has 0 aromatic carbocycles. The molecule has 0 aliphatic carbocycles. The van der Waals surface area contributed by atoms with Gasteiger partial charge in [0.15, 0.2) is 0 Å². The average Bonchev–Trinajstić information content (AvgIpc) is 2.51. The Kier molecular flexibility index (Phi) is 3.61. The summed E-state index contributed by atoms with van der Waals surface area (Å²) in [7, 11) is 0. The SMILES string of the molecule is O=C1CCC2(CCN(C(=O)c3cncc(F)c3)CC2)CN1. The number of halogens is 1. The van der Waals surface area contributed by atoms with E-state index in [-0.39, 0.29) is 17.2 Å². The Hall–Kier alpha value is -1.98. The van der Waals surface area contributed by atoms with Crippen molar-refractivity contribution in [3.63, 3.8) is 0 Å². The van der Waals surface area contributed by atoms with Crippen LogP contribution in [-0.4, -0.2) is 41.3 Å². The zero-order valence-electron chi connectivity index (χ0n) is 11.8. The summed E-state index contributed by atoms with van der Waals surface area (Å²) in [5.74, 6) is -0.550. The number of likely N-dealkylation sites (tertiary alicyclic amines) is 1. The maximum absolute atomic E-state index is 13.1. The van der Waals surface area contributed by atoms with E-state index in [9.17, 15) is 14.0 Å². The molecule has 3 rings (SSSR count). The summed E-state index contributed by atoms with van der Waals surface area (Å²) >= 11 is 0. The molecule has 1 aromatic rings. The van der Waals surface area contributed by atoms with E-state index in [1.165, 1.54) is 12.3 Å². The molecule has 2 aliphatic rings. The highest BCUT2D eigenvalue weighted by Crippen LogP contribution is 2.37. The lowest BCUT2D eigenvalue weighted by Gasteiger charge is -2.44. The zero-order valence-corrected chi connectivity index (χ0v) is 11.8. The number of rotatable bonds is 1. The molecule has 2 amide bonds. The van der Waals surface area contributed by atoms with Crippen LogP contribution in [0.25, 0.3) is 0 Å². The second-order valence-corrected chi connectivity index (χ2v) is 5.96. The van der Waals surface area contributed by atoms with E-state index in [1.54, 1.807) is 4.90 Å². The fourth-order valence-electron chi connectivity index (χ4n) is 3.16. The van der Waals surface area contributed by atoms with Crippen molar-refractivity contribution in [1.29, 1.82) is 0 Å². The van der Waals surface area contributed by atoms with Crippen LogP contribution in [0.2, 0.25) is 0 Å². The Labute approximate surface area is 122 Å². The van der Waals surface area contributed by atoms with Crippen LogP contribution in [-0.2, 0) is 4.79 Å². The predicted molar refractivity (Wildman–Crippen MR) is 74.0 cm³/mol. The van der Waals surface area contributed by atoms with Gasteiger partial charge in [0.2, 0.25) is 5.91 Å². The molecule has 2 fully saturated rings. The molecule has 0 bridgehead atoms. The van der Waals surface area contributed by atoms with Crippen molar-refractivity contribution < 1.29 is 14.0 Å². The molecule has 6 heteroatoms. The highest BCUT2D eigenvalue weighted by molar-refractivity contribution is 5.94. The molecule has 0 unspecified atom stereocenters. The zero-order chi connectivity index (χ0) is 14.9. The van der Waals surface area contributed by atoms with Gasteiger partial charge in [0.25, 0.3) is 5.91 Å². The Morgan fingerprint density at radius 1 is 1.29 bits per heavy atom. The summed E-state index contributed by atoms with van der Waals surface area (Å²) < 4.78 is 13.1. The van der Waals surface area contributed by atoms with Gasteiger partial charge in [-0.1, -0.05) is 0 Å². The predicted octanol–water partition coefficient (Wildman–Crippen LogP) is 1.35. The van der Waals surface area contributed by atoms with Crippen LogP contribution in [0.5, 0.6) is 0 Å². The minimum atomic E-state index is -0.496. The molecular weight excluding hydrogens is 273 g/mol. The van der Waals surface area contributed by atoms with Gasteiger partial charge >= 0.3 is 0 Å². The van der Waals surface area contributed by atoms with Crippen molar-refractivity contribution >= 4 is 11.8 Å². The Balaban J connectivity index is 1.63. The number of hydrogen-bond donors (Lipinski definition) is 1. The largest absolute Gasteiger partial charge is 0.356 e. The summed E-state index contributed by atoms with van der Waals surface area (Å²) in [6, 6.07) is 1.22. The van der Waals surface area contributed by atoms with Crippen molar-refractivity contribution in [3.8, 4) is 0 Å². The third kappa shape index (κ3) is 2.89. The van der Waals surface area contributed by atoms with Crippen LogP contribution in [0.3, 0.4) is 0 Å². The summed E-state index contributed by atoms with van der Waals surface area (Å²) in [5.41, 5.74) is 0.424. The minimum absolute atomic E-state index is 0.116. The van der Waals surface area contributed by atoms with Gasteiger partial charge < -0.3 is 10.2 Å². The standard InChI is InChI=1S/C15H18FN3O2/c16-12-7-11(8-17-9-12)14(21)19-5-3-15(4-6-19)2-1-13(20)18-10-15/h7-9H,1-6,10H2,(H,18,20). The van der Waals surface area contributed by atoms with Crippen molar-refractivity contribution in [2.75, 3.05) is 19.6 Å². The monoisotopic (exact) mass is 291 g/mol. The van der Waals surface area contributed by atoms with E-state index in [1.807, 2.05) is 0 Å². The Morgan fingerprint density at radius 2 is 2.05 bits per heavy atom. The normalized spacial score (nSPS) is 21.2. The van der Waals surface area contributed by atoms with Crippen molar-refractivity contribution in [3.05, 3.63) is 29.8 Å². The van der Waals surface area contributed by atoms with Gasteiger partial charge in [0.05, 0.1) is 11.8 Å². The quantitative estimate of drug-likeness (QED) is 0.849. The Bertz CT molecular complexity index is 556. The second-order valence-electron chi connectivity index (χ2n) is 5.96. The molecule has 0 atom stereocenters. The first-order chi connectivity index (χ1) is 10.1. The maximum Gasteiger partial charge on any atom is 0.255 e. The van der Waals surface area contributed by atoms with Crippen LogP contribution < -0.4 is 5.32 Å². The number of nitrogens with one attached hydrogen (secondary N) is 1. The molecule has 112 valence electrons. The Morgan fingerprint density at radius 3 is 2.67 bits per heavy atom. The minimum Gasteiger partial charge on any atom is -0.356 e. The number of carbonyl (C=O) groups is 2. The average molecular weight is 291 g/mol. The summed E-state index contributed by atoms with van der Waals surface area (Å²) in [6.07, 6.45) is 5.71. The van der Waals surface area contributed by atoms with Crippen LogP contribution in [0.4, 0.5) is 4.39 Å². The summed E-state index contributed by atoms with van der Waals surface area (Å²) in [6.45, 7) is 1.99. The number of carbonyl (C=O) groups excluding carboxylic acids is 2. The fourth-order valence-corrected chi connectivity index (χ4v) is 3.16. The molecule has 1 N–H and O–H groups in total. The fraction of sp³-hybridized carbons (Fsp3) is 0.533. The first kappa shape index (κ1) is 14.0. The smallest absolute Gasteiger partial charge is 0.255 e. The lowest BCUT2D eigenvalue weighted by molar-refractivity contribution is -0.125. The summed E-state index contributed by atoms with van der Waals surface area (Å²) in [4.78, 5) is 29.1. The van der Waals surface area contributed by atoms with E-state index in [0.29, 0.717) is 31.6 Å². The molecular formula is C15H18FN3O2. The highest BCUT2D eigenvalue weighted by atomic mass is 19.1. The molecule has 2 aliphatic heterocycles. The summed E-state index contributed by atoms with van der Waals surface area (Å²) in [5, 5.41) is 2.92.